The average molecular weight is 387 g/mol. The molecule has 1 aromatic carbocycles. The van der Waals surface area contributed by atoms with Crippen LogP contribution in [0.25, 0.3) is 0 Å². The first-order valence-electron chi connectivity index (χ1n) is 8.07. The lowest BCUT2D eigenvalue weighted by Gasteiger charge is -2.34. The molecule has 0 fully saturated rings. The number of carbonyl (C=O) groups is 3. The molecule has 9 nitrogen and oxygen atoms in total. The molecule has 9 heteroatoms. The van der Waals surface area contributed by atoms with Crippen LogP contribution in [0.3, 0.4) is 0 Å². The standard InChI is InChI=1S/C19H21N3O6/c1-19(17(26)20-2,18(27)21-28)22(3)16(25)14-10-8-13(9-11-14)6-4-5-7-15(24)12-23/h8-11,15,23-24,28H,12H2,1-3H3,(H,20,26)(H,21,27). The number of nitrogens with zero attached hydrogens (tertiary/aromatic N) is 1. The van der Waals surface area contributed by atoms with Crippen LogP contribution in [0.1, 0.15) is 22.8 Å². The fourth-order valence-electron chi connectivity index (χ4n) is 2.12. The molecule has 0 aromatic heterocycles. The molecule has 2 unspecified atom stereocenters. The molecular formula is C19H21N3O6. The van der Waals surface area contributed by atoms with Crippen molar-refractivity contribution in [3.05, 3.63) is 35.4 Å². The highest BCUT2D eigenvalue weighted by Crippen LogP contribution is 2.18. The summed E-state index contributed by atoms with van der Waals surface area (Å²) in [4.78, 5) is 37.7. The molecule has 0 radical (unpaired) electrons. The fraction of sp³-hybridized carbons (Fsp3) is 0.316. The maximum Gasteiger partial charge on any atom is 0.278 e. The Labute approximate surface area is 162 Å². The number of amides is 3. The highest BCUT2D eigenvalue weighted by atomic mass is 16.5. The summed E-state index contributed by atoms with van der Waals surface area (Å²) in [5.41, 5.74) is 0.156. The summed E-state index contributed by atoms with van der Waals surface area (Å²) in [5.74, 6) is 7.45. The Morgan fingerprint density at radius 2 is 1.79 bits per heavy atom. The van der Waals surface area contributed by atoms with Crippen LogP contribution in [0.2, 0.25) is 0 Å². The Kier molecular flexibility index (Phi) is 8.17. The Morgan fingerprint density at radius 3 is 2.29 bits per heavy atom. The monoisotopic (exact) mass is 387 g/mol. The van der Waals surface area contributed by atoms with Crippen LogP contribution in [-0.4, -0.2) is 70.4 Å². The van der Waals surface area contributed by atoms with E-state index in [-0.39, 0.29) is 5.56 Å². The minimum absolute atomic E-state index is 0.190. The zero-order valence-electron chi connectivity index (χ0n) is 15.6. The van der Waals surface area contributed by atoms with Gasteiger partial charge in [-0.3, -0.25) is 19.6 Å². The van der Waals surface area contributed by atoms with Crippen molar-refractivity contribution >= 4 is 17.7 Å². The quantitative estimate of drug-likeness (QED) is 0.180. The number of carbonyl (C=O) groups excluding carboxylic acids is 3. The minimum atomic E-state index is -1.97. The van der Waals surface area contributed by atoms with E-state index in [4.69, 9.17) is 15.4 Å². The number of benzene rings is 1. The molecule has 0 saturated heterocycles. The molecule has 1 rings (SSSR count). The van der Waals surface area contributed by atoms with Gasteiger partial charge < -0.3 is 20.4 Å². The van der Waals surface area contributed by atoms with Gasteiger partial charge >= 0.3 is 0 Å². The fourth-order valence-corrected chi connectivity index (χ4v) is 2.12. The predicted molar refractivity (Wildman–Crippen MR) is 98.7 cm³/mol. The minimum Gasteiger partial charge on any atom is -0.393 e. The van der Waals surface area contributed by atoms with E-state index in [1.165, 1.54) is 38.6 Å². The molecule has 0 saturated carbocycles. The largest absolute Gasteiger partial charge is 0.393 e. The van der Waals surface area contributed by atoms with E-state index >= 15 is 0 Å². The molecule has 5 N–H and O–H groups in total. The maximum atomic E-state index is 12.7. The van der Waals surface area contributed by atoms with Gasteiger partial charge in [0.1, 0.15) is 6.10 Å². The second kappa shape index (κ2) is 10.1. The molecule has 0 aliphatic rings. The van der Waals surface area contributed by atoms with Crippen LogP contribution in [0.4, 0.5) is 0 Å². The Hall–Kier alpha value is -3.37. The van der Waals surface area contributed by atoms with Gasteiger partial charge in [-0.1, -0.05) is 11.8 Å². The first kappa shape index (κ1) is 22.7. The topological polar surface area (TPSA) is 139 Å². The lowest BCUT2D eigenvalue weighted by Crippen LogP contribution is -2.64. The maximum absolute atomic E-state index is 12.7. The molecule has 148 valence electrons. The third kappa shape index (κ3) is 5.09. The van der Waals surface area contributed by atoms with E-state index in [0.717, 1.165) is 4.90 Å². The Morgan fingerprint density at radius 1 is 1.18 bits per heavy atom. The summed E-state index contributed by atoms with van der Waals surface area (Å²) >= 11 is 0. The summed E-state index contributed by atoms with van der Waals surface area (Å²) in [5, 5.41) is 28.9. The second-order valence-corrected chi connectivity index (χ2v) is 5.75. The van der Waals surface area contributed by atoms with Crippen molar-refractivity contribution in [1.82, 2.24) is 15.7 Å². The van der Waals surface area contributed by atoms with Gasteiger partial charge in [-0.25, -0.2) is 5.48 Å². The molecule has 0 heterocycles. The number of hydrogen-bond acceptors (Lipinski definition) is 6. The van der Waals surface area contributed by atoms with Gasteiger partial charge in [-0.15, -0.1) is 0 Å². The van der Waals surface area contributed by atoms with Gasteiger partial charge in [0.2, 0.25) is 0 Å². The van der Waals surface area contributed by atoms with Crippen LogP contribution >= 0.6 is 0 Å². The zero-order chi connectivity index (χ0) is 21.3. The number of rotatable bonds is 5. The van der Waals surface area contributed by atoms with Gasteiger partial charge in [0.15, 0.2) is 5.54 Å². The third-order valence-corrected chi connectivity index (χ3v) is 4.00. The second-order valence-electron chi connectivity index (χ2n) is 5.75. The van der Waals surface area contributed by atoms with Crippen molar-refractivity contribution in [2.45, 2.75) is 18.6 Å². The number of likely N-dealkylation sites (N-methyl/N-ethyl adjacent to an activating group) is 2. The molecule has 0 spiro atoms. The Balaban J connectivity index is 3.06. The summed E-state index contributed by atoms with van der Waals surface area (Å²) in [7, 11) is 2.57. The highest BCUT2D eigenvalue weighted by molar-refractivity contribution is 6.12. The van der Waals surface area contributed by atoms with Crippen molar-refractivity contribution in [3.63, 3.8) is 0 Å². The molecule has 28 heavy (non-hydrogen) atoms. The normalized spacial score (nSPS) is 12.8. The summed E-state index contributed by atoms with van der Waals surface area (Å²) in [6.45, 7) is 0.719. The molecule has 0 aliphatic heterocycles. The van der Waals surface area contributed by atoms with Crippen LogP contribution in [0, 0.1) is 23.7 Å². The average Bonchev–Trinajstić information content (AvgIpc) is 2.73. The van der Waals surface area contributed by atoms with Crippen LogP contribution in [-0.2, 0) is 9.59 Å². The van der Waals surface area contributed by atoms with E-state index in [1.807, 2.05) is 0 Å². The molecule has 0 aliphatic carbocycles. The number of hydrogen-bond donors (Lipinski definition) is 5. The first-order valence-corrected chi connectivity index (χ1v) is 8.07. The van der Waals surface area contributed by atoms with E-state index in [9.17, 15) is 14.4 Å². The molecule has 1 aromatic rings. The first-order chi connectivity index (χ1) is 13.2. The zero-order valence-corrected chi connectivity index (χ0v) is 15.6. The molecular weight excluding hydrogens is 366 g/mol. The van der Waals surface area contributed by atoms with E-state index < -0.39 is 36.0 Å². The highest BCUT2D eigenvalue weighted by Gasteiger charge is 2.47. The number of aliphatic hydroxyl groups is 2. The molecule has 0 bridgehead atoms. The molecule has 3 amide bonds. The number of hydroxylamine groups is 1. The van der Waals surface area contributed by atoms with Crippen LogP contribution < -0.4 is 10.8 Å². The van der Waals surface area contributed by atoms with Gasteiger partial charge in [-0.05, 0) is 43.0 Å². The van der Waals surface area contributed by atoms with Crippen molar-refractivity contribution in [3.8, 4) is 23.7 Å². The van der Waals surface area contributed by atoms with Gasteiger partial charge in [0, 0.05) is 25.2 Å². The summed E-state index contributed by atoms with van der Waals surface area (Å²) < 4.78 is 0. The summed E-state index contributed by atoms with van der Waals surface area (Å²) in [6, 6.07) is 6.00. The van der Waals surface area contributed by atoms with E-state index in [1.54, 1.807) is 12.1 Å². The van der Waals surface area contributed by atoms with Crippen LogP contribution in [0.5, 0.6) is 0 Å². The van der Waals surface area contributed by atoms with Crippen molar-refractivity contribution in [2.24, 2.45) is 0 Å². The Bertz CT molecular complexity index is 842. The summed E-state index contributed by atoms with van der Waals surface area (Å²) in [6.07, 6.45) is -1.16. The number of aliphatic hydroxyl groups excluding tert-OH is 2. The van der Waals surface area contributed by atoms with E-state index in [2.05, 4.69) is 29.0 Å². The third-order valence-electron chi connectivity index (χ3n) is 4.00. The van der Waals surface area contributed by atoms with Crippen molar-refractivity contribution in [2.75, 3.05) is 20.7 Å². The number of nitrogens with one attached hydrogen (secondary N) is 2. The lowest BCUT2D eigenvalue weighted by molar-refractivity contribution is -0.148. The smallest absolute Gasteiger partial charge is 0.278 e. The lowest BCUT2D eigenvalue weighted by atomic mass is 9.96. The molecule has 2 atom stereocenters. The SMILES string of the molecule is CNC(=O)C(C)(C(=O)NO)N(C)C(=O)c1ccc(C#CC#CC(O)CO)cc1. The van der Waals surface area contributed by atoms with Crippen molar-refractivity contribution < 1.29 is 29.8 Å². The predicted octanol–water partition coefficient (Wildman–Crippen LogP) is -1.52. The van der Waals surface area contributed by atoms with Gasteiger partial charge in [0.25, 0.3) is 17.7 Å². The van der Waals surface area contributed by atoms with Gasteiger partial charge in [0.05, 0.1) is 6.61 Å². The van der Waals surface area contributed by atoms with E-state index in [0.29, 0.717) is 5.56 Å². The van der Waals surface area contributed by atoms with Crippen LogP contribution in [0.15, 0.2) is 24.3 Å². The van der Waals surface area contributed by atoms with Gasteiger partial charge in [-0.2, -0.15) is 0 Å². The van der Waals surface area contributed by atoms with Crippen molar-refractivity contribution in [1.29, 1.82) is 0 Å².